The number of piperazine rings is 2. The molecular formula is C58H56Cl4F8N12O2. The number of anilines is 2. The van der Waals surface area contributed by atoms with Gasteiger partial charge in [-0.2, -0.15) is 31.6 Å². The Morgan fingerprint density at radius 2 is 1.04 bits per heavy atom. The highest BCUT2D eigenvalue weighted by Crippen LogP contribution is 2.39. The number of benzene rings is 4. The maximum atomic E-state index is 14.3. The summed E-state index contributed by atoms with van der Waals surface area (Å²) in [5, 5.41) is 11.0. The molecule has 444 valence electrons. The van der Waals surface area contributed by atoms with Crippen LogP contribution < -0.4 is 9.80 Å². The molecule has 0 spiro atoms. The smallest absolute Gasteiger partial charge is 0.352 e. The van der Waals surface area contributed by atoms with E-state index < -0.39 is 35.1 Å². The highest BCUT2D eigenvalue weighted by molar-refractivity contribution is 6.42. The van der Waals surface area contributed by atoms with Crippen LogP contribution in [0.4, 0.5) is 56.3 Å². The first kappa shape index (κ1) is 61.8. The van der Waals surface area contributed by atoms with E-state index in [4.69, 9.17) is 46.4 Å². The van der Waals surface area contributed by atoms with Crippen molar-refractivity contribution >= 4 is 70.1 Å². The first-order valence-corrected chi connectivity index (χ1v) is 28.2. The van der Waals surface area contributed by atoms with Crippen molar-refractivity contribution < 1.29 is 44.7 Å². The Morgan fingerprint density at radius 1 is 0.571 bits per heavy atom. The number of alkyl halides is 6. The molecule has 14 nitrogen and oxygen atoms in total. The van der Waals surface area contributed by atoms with Crippen molar-refractivity contribution in [2.75, 3.05) is 102 Å². The second kappa shape index (κ2) is 26.3. The van der Waals surface area contributed by atoms with Gasteiger partial charge in [-0.1, -0.05) is 70.7 Å². The van der Waals surface area contributed by atoms with Gasteiger partial charge in [-0.15, -0.1) is 0 Å². The lowest BCUT2D eigenvalue weighted by molar-refractivity contribution is -0.140. The van der Waals surface area contributed by atoms with Gasteiger partial charge in [0.05, 0.1) is 43.0 Å². The fraction of sp³-hybridized carbons (Fsp3) is 0.379. The van der Waals surface area contributed by atoms with Gasteiger partial charge in [0.1, 0.15) is 29.3 Å². The van der Waals surface area contributed by atoms with Crippen LogP contribution in [0.2, 0.25) is 20.1 Å². The molecule has 4 aliphatic heterocycles. The molecule has 0 radical (unpaired) electrons. The lowest BCUT2D eigenvalue weighted by Crippen LogP contribution is -2.53. The third kappa shape index (κ3) is 14.3. The molecule has 4 fully saturated rings. The number of rotatable bonds is 10. The first-order chi connectivity index (χ1) is 40.0. The molecule has 6 heterocycles. The van der Waals surface area contributed by atoms with Crippen LogP contribution in [-0.2, 0) is 25.4 Å². The summed E-state index contributed by atoms with van der Waals surface area (Å²) >= 11 is 25.0. The molecule has 2 unspecified atom stereocenters. The van der Waals surface area contributed by atoms with E-state index >= 15 is 0 Å². The van der Waals surface area contributed by atoms with Gasteiger partial charge >= 0.3 is 24.4 Å². The molecule has 0 N–H and O–H groups in total. The molecule has 0 aliphatic carbocycles. The third-order valence-electron chi connectivity index (χ3n) is 15.7. The van der Waals surface area contributed by atoms with E-state index in [1.54, 1.807) is 82.9 Å². The van der Waals surface area contributed by atoms with E-state index in [-0.39, 0.29) is 49.1 Å². The highest BCUT2D eigenvalue weighted by Gasteiger charge is 2.43. The lowest BCUT2D eigenvalue weighted by Gasteiger charge is -2.37. The monoisotopic (exact) mass is 1240 g/mol. The van der Waals surface area contributed by atoms with Gasteiger partial charge in [0.25, 0.3) is 0 Å². The van der Waals surface area contributed by atoms with Crippen molar-refractivity contribution in [1.82, 2.24) is 44.4 Å². The van der Waals surface area contributed by atoms with Gasteiger partial charge < -0.3 is 29.4 Å². The molecule has 0 bridgehead atoms. The molecule has 4 aliphatic rings. The van der Waals surface area contributed by atoms with Gasteiger partial charge in [0, 0.05) is 134 Å². The van der Waals surface area contributed by atoms with Crippen molar-refractivity contribution in [3.05, 3.63) is 180 Å². The zero-order chi connectivity index (χ0) is 60.2. The molecule has 26 heteroatoms. The standard InChI is InChI=1S/C30H28Cl2F4N6O.C28H28Cl2F4N6O/c1-39(16-19-4-6-23(26(33)13-19)30(34,35)36)27-18-42(17-22(27)20-5-7-24(31)25(32)14-20)29(43)41-11-9-40(10-12-41)28-21(15-37)3-2-8-38-28;1-37(15-18-2-4-21(24(31)12-18)28(32,33)34)25-17-40(16-20(25)19-3-5-22(29)23(30)13-19)27(41)39-10-8-38(9-11-39)26-14-35-6-7-36-26/h2-8,13-14,22,27H,9-12,16-18H2,1H3;2-7,12-14,20,25H,8-11,15-17H2,1H3/t22-,27+;/m1./s1. The average molecular weight is 1250 g/mol. The Balaban J connectivity index is 0.000000202. The van der Waals surface area contributed by atoms with Crippen molar-refractivity contribution in [1.29, 1.82) is 5.26 Å². The number of urea groups is 2. The minimum atomic E-state index is -4.78. The topological polar surface area (TPSA) is 123 Å². The van der Waals surface area contributed by atoms with E-state index in [0.717, 1.165) is 41.2 Å². The van der Waals surface area contributed by atoms with Crippen LogP contribution in [0.5, 0.6) is 0 Å². The number of nitrogens with zero attached hydrogens (tertiary/aromatic N) is 12. The Kier molecular flexibility index (Phi) is 19.3. The predicted molar refractivity (Wildman–Crippen MR) is 304 cm³/mol. The largest absolute Gasteiger partial charge is 0.419 e. The molecule has 2 aromatic heterocycles. The van der Waals surface area contributed by atoms with Crippen molar-refractivity contribution in [3.8, 4) is 6.07 Å². The van der Waals surface area contributed by atoms with Crippen LogP contribution in [-0.4, -0.2) is 161 Å². The Hall–Kier alpha value is -6.74. The molecule has 4 saturated heterocycles. The summed E-state index contributed by atoms with van der Waals surface area (Å²) in [5.41, 5.74) is 0.405. The Bertz CT molecular complexity index is 3370. The van der Waals surface area contributed by atoms with Gasteiger partial charge in [-0.05, 0) is 97.0 Å². The fourth-order valence-corrected chi connectivity index (χ4v) is 11.9. The minimum Gasteiger partial charge on any atom is -0.352 e. The highest BCUT2D eigenvalue weighted by atomic mass is 35.5. The van der Waals surface area contributed by atoms with Gasteiger partial charge in [-0.25, -0.2) is 28.3 Å². The van der Waals surface area contributed by atoms with Crippen LogP contribution in [0.25, 0.3) is 0 Å². The van der Waals surface area contributed by atoms with E-state index in [9.17, 15) is 50.0 Å². The van der Waals surface area contributed by atoms with E-state index in [2.05, 4.69) is 25.9 Å². The number of likely N-dealkylation sites (tertiary alicyclic amines) is 2. The van der Waals surface area contributed by atoms with Crippen LogP contribution in [0, 0.1) is 23.0 Å². The third-order valence-corrected chi connectivity index (χ3v) is 17.2. The van der Waals surface area contributed by atoms with Crippen LogP contribution in [0.1, 0.15) is 50.8 Å². The van der Waals surface area contributed by atoms with Crippen molar-refractivity contribution in [2.24, 2.45) is 0 Å². The fourth-order valence-electron chi connectivity index (χ4n) is 11.3. The SMILES string of the molecule is CN(Cc1ccc(C(F)(F)F)c(F)c1)C1CN(C(=O)N2CCN(c3cnccn3)CC2)CC1c1ccc(Cl)c(Cl)c1.CN(Cc1ccc(C(F)(F)F)c(F)c1)[C@H]1CN(C(=O)N2CCN(c3ncccc3C#N)CC2)C[C@@H]1c1ccc(Cl)c(Cl)c1. The Morgan fingerprint density at radius 3 is 1.44 bits per heavy atom. The molecule has 10 rings (SSSR count). The zero-order valence-corrected chi connectivity index (χ0v) is 48.3. The van der Waals surface area contributed by atoms with Crippen molar-refractivity contribution in [3.63, 3.8) is 0 Å². The maximum Gasteiger partial charge on any atom is 0.419 e. The van der Waals surface area contributed by atoms with Crippen molar-refractivity contribution in [2.45, 2.75) is 49.4 Å². The second-order valence-electron chi connectivity index (χ2n) is 21.0. The number of likely N-dealkylation sites (N-methyl/N-ethyl adjacent to an activating group) is 2. The number of halogens is 12. The quantitative estimate of drug-likeness (QED) is 0.123. The molecule has 4 amide bonds. The number of carbonyl (C=O) groups is 2. The Labute approximate surface area is 500 Å². The molecule has 0 saturated carbocycles. The second-order valence-corrected chi connectivity index (χ2v) is 22.7. The minimum absolute atomic E-state index is 0.0923. The molecule has 84 heavy (non-hydrogen) atoms. The predicted octanol–water partition coefficient (Wildman–Crippen LogP) is 12.0. The van der Waals surface area contributed by atoms with E-state index in [0.29, 0.717) is 121 Å². The number of hydrogen-bond donors (Lipinski definition) is 0. The molecule has 4 atom stereocenters. The maximum absolute atomic E-state index is 14.3. The van der Waals surface area contributed by atoms with Crippen LogP contribution >= 0.6 is 46.4 Å². The summed E-state index contributed by atoms with van der Waals surface area (Å²) in [6, 6.07) is 21.5. The average Bonchev–Trinajstić information content (AvgIpc) is 3.43. The number of amides is 4. The summed E-state index contributed by atoms with van der Waals surface area (Å²) in [6.07, 6.45) is -2.96. The van der Waals surface area contributed by atoms with Gasteiger partial charge in [0.2, 0.25) is 0 Å². The summed E-state index contributed by atoms with van der Waals surface area (Å²) < 4.78 is 107. The molecule has 6 aromatic rings. The number of nitriles is 1. The summed E-state index contributed by atoms with van der Waals surface area (Å²) in [5.74, 6) is -1.61. The summed E-state index contributed by atoms with van der Waals surface area (Å²) in [6.45, 7) is 6.10. The molecular weight excluding hydrogens is 1190 g/mol. The normalized spacial score (nSPS) is 19.5. The first-order valence-electron chi connectivity index (χ1n) is 26.7. The summed E-state index contributed by atoms with van der Waals surface area (Å²) in [4.78, 5) is 55.2. The van der Waals surface area contributed by atoms with E-state index in [1.165, 1.54) is 12.1 Å². The number of aromatic nitrogens is 3. The molecule has 4 aromatic carbocycles. The van der Waals surface area contributed by atoms with E-state index in [1.807, 2.05) is 38.8 Å². The number of carbonyl (C=O) groups excluding carboxylic acids is 2. The van der Waals surface area contributed by atoms with Gasteiger partial charge in [0.15, 0.2) is 0 Å². The zero-order valence-electron chi connectivity index (χ0n) is 45.3. The summed E-state index contributed by atoms with van der Waals surface area (Å²) in [7, 11) is 3.62. The van der Waals surface area contributed by atoms with Crippen LogP contribution in [0.3, 0.4) is 0 Å². The van der Waals surface area contributed by atoms with Crippen LogP contribution in [0.15, 0.2) is 110 Å². The lowest BCUT2D eigenvalue weighted by atomic mass is 9.93. The number of hydrogen-bond acceptors (Lipinski definition) is 10. The van der Waals surface area contributed by atoms with Gasteiger partial charge in [-0.3, -0.25) is 14.8 Å². The number of pyridine rings is 1.